The lowest BCUT2D eigenvalue weighted by atomic mass is 9.32. The number of rotatable bonds is 5. The van der Waals surface area contributed by atoms with Crippen molar-refractivity contribution in [3.63, 3.8) is 0 Å². The molecule has 0 saturated heterocycles. The third kappa shape index (κ3) is 3.93. The molecule has 6 aliphatic rings. The van der Waals surface area contributed by atoms with E-state index < -0.39 is 28.7 Å². The summed E-state index contributed by atoms with van der Waals surface area (Å²) in [6.45, 7) is 22.5. The van der Waals surface area contributed by atoms with Gasteiger partial charge in [-0.3, -0.25) is 14.4 Å². The summed E-state index contributed by atoms with van der Waals surface area (Å²) in [4.78, 5) is 38.1. The first kappa shape index (κ1) is 32.1. The van der Waals surface area contributed by atoms with Gasteiger partial charge in [0, 0.05) is 5.41 Å². The molecule has 0 spiro atoms. The minimum Gasteiger partial charge on any atom is -0.481 e. The zero-order valence-corrected chi connectivity index (χ0v) is 28.6. The van der Waals surface area contributed by atoms with Gasteiger partial charge in [-0.15, -0.1) is 0 Å². The van der Waals surface area contributed by atoms with Crippen molar-refractivity contribution in [3.8, 4) is 0 Å². The van der Waals surface area contributed by atoms with Gasteiger partial charge < -0.3 is 14.9 Å². The molecule has 0 aromatic carbocycles. The molecule has 0 heterocycles. The van der Waals surface area contributed by atoms with Gasteiger partial charge in [0.05, 0.1) is 17.3 Å². The van der Waals surface area contributed by atoms with Crippen LogP contribution in [0.25, 0.3) is 0 Å². The molecule has 0 aliphatic heterocycles. The number of hydrogen-bond acceptors (Lipinski definition) is 4. The molecule has 6 heteroatoms. The monoisotopic (exact) mass is 610 g/mol. The predicted octanol–water partition coefficient (Wildman–Crippen LogP) is 8.39. The maximum atomic E-state index is 13.5. The molecule has 0 bridgehead atoms. The molecular formula is C38H58O6. The second-order valence-corrected chi connectivity index (χ2v) is 18.4. The highest BCUT2D eigenvalue weighted by molar-refractivity contribution is 5.81. The number of allylic oxidation sites excluding steroid dienone is 1. The highest BCUT2D eigenvalue weighted by atomic mass is 16.5. The summed E-state index contributed by atoms with van der Waals surface area (Å²) >= 11 is 0. The van der Waals surface area contributed by atoms with E-state index in [1.54, 1.807) is 0 Å². The summed E-state index contributed by atoms with van der Waals surface area (Å²) in [6, 6.07) is 0. The zero-order chi connectivity index (χ0) is 32.4. The molecule has 0 radical (unpaired) electrons. The predicted molar refractivity (Wildman–Crippen MR) is 169 cm³/mol. The number of esters is 1. The van der Waals surface area contributed by atoms with E-state index in [0.29, 0.717) is 30.1 Å². The smallest absolute Gasteiger partial charge is 0.309 e. The molecule has 6 nitrogen and oxygen atoms in total. The van der Waals surface area contributed by atoms with Crippen LogP contribution in [-0.2, 0) is 19.1 Å². The van der Waals surface area contributed by atoms with Crippen molar-refractivity contribution in [1.82, 2.24) is 0 Å². The molecule has 0 aromatic rings. The molecule has 5 unspecified atom stereocenters. The first-order chi connectivity index (χ1) is 20.3. The van der Waals surface area contributed by atoms with Crippen molar-refractivity contribution in [1.29, 1.82) is 0 Å². The Labute approximate surface area is 265 Å². The van der Waals surface area contributed by atoms with E-state index in [1.165, 1.54) is 5.57 Å². The standard InChI is InChI=1S/C38H58O6/c1-21(2)22-12-17-38(32(42)43)19-18-36(8)23(29(22)38)10-11-27-35(7)15-14-28(34(5,6)26(35)13-16-37(27,36)9)44-31(41)25-20-24(30(39)40)33(25,3)4/h22-29H,1,10-20H2,2-9H3,(H,39,40)(H,42,43)/t22?,23?,24-,25+,26?,27?,28+,29?,35+,36-,37-,38+/m1/s1. The number of aliphatic carboxylic acids is 2. The number of hydrogen-bond donors (Lipinski definition) is 2. The summed E-state index contributed by atoms with van der Waals surface area (Å²) in [5.41, 5.74) is 0.166. The van der Waals surface area contributed by atoms with Crippen LogP contribution in [0.5, 0.6) is 0 Å². The Morgan fingerprint density at radius 1 is 0.727 bits per heavy atom. The molecule has 44 heavy (non-hydrogen) atoms. The van der Waals surface area contributed by atoms with Crippen molar-refractivity contribution in [2.45, 2.75) is 132 Å². The van der Waals surface area contributed by atoms with Gasteiger partial charge in [0.1, 0.15) is 6.10 Å². The van der Waals surface area contributed by atoms with E-state index in [9.17, 15) is 24.6 Å². The summed E-state index contributed by atoms with van der Waals surface area (Å²) in [7, 11) is 0. The van der Waals surface area contributed by atoms with Crippen molar-refractivity contribution in [3.05, 3.63) is 12.2 Å². The van der Waals surface area contributed by atoms with Gasteiger partial charge in [0.2, 0.25) is 0 Å². The summed E-state index contributed by atoms with van der Waals surface area (Å²) < 4.78 is 6.35. The van der Waals surface area contributed by atoms with Crippen LogP contribution in [0, 0.1) is 73.9 Å². The Kier molecular flexibility index (Phi) is 7.17. The summed E-state index contributed by atoms with van der Waals surface area (Å²) in [5, 5.41) is 20.2. The second kappa shape index (κ2) is 9.83. The first-order valence-corrected chi connectivity index (χ1v) is 17.6. The number of carbonyl (C=O) groups excluding carboxylic acids is 1. The van der Waals surface area contributed by atoms with Crippen LogP contribution in [0.1, 0.15) is 126 Å². The molecule has 12 atom stereocenters. The van der Waals surface area contributed by atoms with Gasteiger partial charge in [-0.1, -0.05) is 60.6 Å². The van der Waals surface area contributed by atoms with Crippen LogP contribution in [0.3, 0.4) is 0 Å². The fourth-order valence-electron chi connectivity index (χ4n) is 13.7. The number of fused-ring (bicyclic) bond motifs is 7. The topological polar surface area (TPSA) is 101 Å². The largest absolute Gasteiger partial charge is 0.481 e. The van der Waals surface area contributed by atoms with Crippen LogP contribution in [0.15, 0.2) is 12.2 Å². The Hall–Kier alpha value is -1.85. The Bertz CT molecular complexity index is 1270. The molecule has 0 aromatic heterocycles. The maximum Gasteiger partial charge on any atom is 0.309 e. The van der Waals surface area contributed by atoms with Gasteiger partial charge in [-0.05, 0) is 129 Å². The fraction of sp³-hybridized carbons (Fsp3) is 0.868. The summed E-state index contributed by atoms with van der Waals surface area (Å²) in [5.74, 6) is -0.593. The molecule has 6 rings (SSSR count). The van der Waals surface area contributed by atoms with Crippen molar-refractivity contribution in [2.24, 2.45) is 73.9 Å². The van der Waals surface area contributed by atoms with E-state index in [1.807, 2.05) is 13.8 Å². The molecule has 246 valence electrons. The normalized spacial score (nSPS) is 50.1. The maximum absolute atomic E-state index is 13.5. The van der Waals surface area contributed by atoms with Crippen molar-refractivity contribution in [2.75, 3.05) is 0 Å². The molecule has 2 N–H and O–H groups in total. The molecule has 6 fully saturated rings. The van der Waals surface area contributed by atoms with Gasteiger partial charge in [0.15, 0.2) is 0 Å². The third-order valence-electron chi connectivity index (χ3n) is 16.5. The van der Waals surface area contributed by atoms with Crippen LogP contribution >= 0.6 is 0 Å². The van der Waals surface area contributed by atoms with Gasteiger partial charge in [0.25, 0.3) is 0 Å². The van der Waals surface area contributed by atoms with E-state index in [0.717, 1.165) is 64.2 Å². The zero-order valence-electron chi connectivity index (χ0n) is 28.6. The minimum absolute atomic E-state index is 0.0928. The second-order valence-electron chi connectivity index (χ2n) is 18.4. The van der Waals surface area contributed by atoms with Gasteiger partial charge >= 0.3 is 17.9 Å². The van der Waals surface area contributed by atoms with E-state index in [4.69, 9.17) is 4.74 Å². The lowest BCUT2D eigenvalue weighted by Crippen LogP contribution is -2.67. The van der Waals surface area contributed by atoms with E-state index in [-0.39, 0.29) is 45.6 Å². The number of carboxylic acids is 2. The average molecular weight is 611 g/mol. The first-order valence-electron chi connectivity index (χ1n) is 17.6. The van der Waals surface area contributed by atoms with Crippen LogP contribution in [0.4, 0.5) is 0 Å². The van der Waals surface area contributed by atoms with Crippen LogP contribution in [0.2, 0.25) is 0 Å². The summed E-state index contributed by atoms with van der Waals surface area (Å²) in [6.07, 6.45) is 10.1. The van der Waals surface area contributed by atoms with Crippen LogP contribution < -0.4 is 0 Å². The number of carbonyl (C=O) groups is 3. The Morgan fingerprint density at radius 3 is 2.00 bits per heavy atom. The van der Waals surface area contributed by atoms with Crippen molar-refractivity contribution < 1.29 is 29.3 Å². The SMILES string of the molecule is C=C(C)C1CC[C@]2(C(=O)O)CC[C@]3(C)C(CCC4[C@@]5(C)CC[C@H](OC(=O)[C@@H]6C[C@H](C(=O)O)C6(C)C)C(C)(C)C5CC[C@]43C)C12. The molecule has 6 aliphatic carbocycles. The lowest BCUT2D eigenvalue weighted by molar-refractivity contribution is -0.252. The molecule has 6 saturated carbocycles. The van der Waals surface area contributed by atoms with Gasteiger partial charge in [-0.2, -0.15) is 0 Å². The highest BCUT2D eigenvalue weighted by Crippen LogP contribution is 2.77. The third-order valence-corrected chi connectivity index (χ3v) is 16.5. The Balaban J connectivity index is 1.25. The molecule has 0 amide bonds. The van der Waals surface area contributed by atoms with Crippen molar-refractivity contribution >= 4 is 17.9 Å². The Morgan fingerprint density at radius 2 is 1.41 bits per heavy atom. The van der Waals surface area contributed by atoms with Crippen LogP contribution in [-0.4, -0.2) is 34.2 Å². The molecular weight excluding hydrogens is 552 g/mol. The van der Waals surface area contributed by atoms with E-state index in [2.05, 4.69) is 48.1 Å². The fourth-order valence-corrected chi connectivity index (χ4v) is 13.7. The number of carboxylic acid groups (broad SMARTS) is 2. The van der Waals surface area contributed by atoms with E-state index >= 15 is 0 Å². The average Bonchev–Trinajstić information content (AvgIpc) is 3.31. The number of ether oxygens (including phenoxy) is 1. The quantitative estimate of drug-likeness (QED) is 0.240. The van der Waals surface area contributed by atoms with Gasteiger partial charge in [-0.25, -0.2) is 0 Å². The highest BCUT2D eigenvalue weighted by Gasteiger charge is 2.72. The lowest BCUT2D eigenvalue weighted by Gasteiger charge is -2.72. The minimum atomic E-state index is -0.823.